The minimum atomic E-state index is -1.02. The highest BCUT2D eigenvalue weighted by atomic mass is 16.6. The van der Waals surface area contributed by atoms with Crippen LogP contribution < -0.4 is 0 Å². The van der Waals surface area contributed by atoms with Gasteiger partial charge in [-0.15, -0.1) is 5.73 Å². The van der Waals surface area contributed by atoms with E-state index in [1.807, 2.05) is 6.92 Å². The van der Waals surface area contributed by atoms with Crippen LogP contribution in [0.1, 0.15) is 80.6 Å². The molecule has 1 unspecified atom stereocenters. The lowest BCUT2D eigenvalue weighted by Crippen LogP contribution is -2.35. The smallest absolute Gasteiger partial charge is 0.320 e. The van der Waals surface area contributed by atoms with Crippen molar-refractivity contribution < 1.29 is 28.6 Å². The van der Waals surface area contributed by atoms with Crippen molar-refractivity contribution in [2.75, 3.05) is 13.2 Å². The molecule has 0 aromatic heterocycles. The van der Waals surface area contributed by atoms with E-state index in [0.29, 0.717) is 0 Å². The lowest BCUT2D eigenvalue weighted by Gasteiger charge is -2.44. The quantitative estimate of drug-likeness (QED) is 0.249. The van der Waals surface area contributed by atoms with Crippen LogP contribution in [0.4, 0.5) is 0 Å². The summed E-state index contributed by atoms with van der Waals surface area (Å²) >= 11 is 0. The average molecular weight is 435 g/mol. The molecule has 3 atom stereocenters. The molecule has 6 nitrogen and oxygen atoms in total. The summed E-state index contributed by atoms with van der Waals surface area (Å²) in [5.41, 5.74) is 5.47. The molecule has 2 rings (SSSR count). The summed E-state index contributed by atoms with van der Waals surface area (Å²) in [4.78, 5) is 36.5. The maximum Gasteiger partial charge on any atom is 0.320 e. The Labute approximate surface area is 186 Å². The van der Waals surface area contributed by atoms with Crippen LogP contribution >= 0.6 is 0 Å². The van der Waals surface area contributed by atoms with Crippen molar-refractivity contribution >= 4 is 17.9 Å². The maximum atomic E-state index is 12.4. The van der Waals surface area contributed by atoms with Crippen LogP contribution in [0.2, 0.25) is 0 Å². The summed E-state index contributed by atoms with van der Waals surface area (Å²) < 4.78 is 15.9. The van der Waals surface area contributed by atoms with Gasteiger partial charge < -0.3 is 14.2 Å². The Morgan fingerprint density at radius 2 is 1.65 bits per heavy atom. The van der Waals surface area contributed by atoms with Gasteiger partial charge in [0.05, 0.1) is 13.2 Å². The molecule has 0 aliphatic heterocycles. The van der Waals surface area contributed by atoms with Crippen molar-refractivity contribution in [1.29, 1.82) is 0 Å². The number of ether oxygens (including phenoxy) is 3. The number of rotatable bonds is 7. The SMILES string of the molecule is CCOC(=O)C(CC(C)=C=C1C(OC(C)=O)C[C@]2(C)CC(C)(C)CC[C@H]12)C(=O)OCC. The highest BCUT2D eigenvalue weighted by molar-refractivity contribution is 5.95. The monoisotopic (exact) mass is 434 g/mol. The van der Waals surface area contributed by atoms with Gasteiger partial charge in [-0.3, -0.25) is 14.4 Å². The Bertz CT molecular complexity index is 755. The molecule has 0 spiro atoms. The number of esters is 3. The van der Waals surface area contributed by atoms with E-state index in [0.717, 1.165) is 36.8 Å². The van der Waals surface area contributed by atoms with E-state index in [9.17, 15) is 14.4 Å². The van der Waals surface area contributed by atoms with E-state index < -0.39 is 17.9 Å². The molecule has 2 aliphatic carbocycles. The van der Waals surface area contributed by atoms with Gasteiger partial charge in [-0.2, -0.15) is 0 Å². The first kappa shape index (κ1) is 25.2. The van der Waals surface area contributed by atoms with Crippen LogP contribution in [-0.2, 0) is 28.6 Å². The summed E-state index contributed by atoms with van der Waals surface area (Å²) in [7, 11) is 0. The second-order valence-corrected chi connectivity index (χ2v) is 10.0. The van der Waals surface area contributed by atoms with Crippen molar-refractivity contribution in [3.05, 3.63) is 16.9 Å². The standard InChI is InChI=1S/C25H38O6/c1-8-29-22(27)19(23(28)30-9-2)13-16(3)12-18-20-10-11-24(5,6)15-25(20,7)14-21(18)31-17(4)26/h19-21H,8-11,13-15H2,1-7H3/t12?,20-,21?,25-/m1/s1. The summed E-state index contributed by atoms with van der Waals surface area (Å²) in [6.45, 7) is 14.0. The van der Waals surface area contributed by atoms with Crippen LogP contribution in [-0.4, -0.2) is 37.2 Å². The molecule has 174 valence electrons. The van der Waals surface area contributed by atoms with Gasteiger partial charge in [-0.05, 0) is 75.2 Å². The number of carbonyl (C=O) groups excluding carboxylic acids is 3. The molecule has 0 amide bonds. The molecule has 0 N–H and O–H groups in total. The molecule has 0 saturated heterocycles. The van der Waals surface area contributed by atoms with Gasteiger partial charge in [-0.1, -0.05) is 20.8 Å². The van der Waals surface area contributed by atoms with Gasteiger partial charge in [0.25, 0.3) is 0 Å². The second-order valence-electron chi connectivity index (χ2n) is 10.0. The van der Waals surface area contributed by atoms with Crippen LogP contribution in [0.25, 0.3) is 0 Å². The fourth-order valence-electron chi connectivity index (χ4n) is 5.52. The Morgan fingerprint density at radius 1 is 1.06 bits per heavy atom. The topological polar surface area (TPSA) is 78.9 Å². The van der Waals surface area contributed by atoms with Crippen molar-refractivity contribution in [2.24, 2.45) is 22.7 Å². The van der Waals surface area contributed by atoms with E-state index >= 15 is 0 Å². The van der Waals surface area contributed by atoms with Gasteiger partial charge in [0.2, 0.25) is 0 Å². The zero-order chi connectivity index (χ0) is 23.4. The largest absolute Gasteiger partial charge is 0.465 e. The summed E-state index contributed by atoms with van der Waals surface area (Å²) in [5.74, 6) is -2.22. The Hall–Kier alpha value is -2.07. The number of carbonyl (C=O) groups is 3. The number of fused-ring (bicyclic) bond motifs is 1. The fourth-order valence-corrected chi connectivity index (χ4v) is 5.52. The highest BCUT2D eigenvalue weighted by Gasteiger charge is 2.53. The van der Waals surface area contributed by atoms with Crippen LogP contribution in [0.3, 0.4) is 0 Å². The fraction of sp³-hybridized carbons (Fsp3) is 0.760. The predicted octanol–water partition coefficient (Wildman–Crippen LogP) is 4.76. The molecule has 0 bridgehead atoms. The minimum absolute atomic E-state index is 0.0339. The molecule has 2 fully saturated rings. The molecule has 0 aromatic rings. The van der Waals surface area contributed by atoms with E-state index in [-0.39, 0.29) is 48.5 Å². The Kier molecular flexibility index (Phi) is 8.15. The van der Waals surface area contributed by atoms with E-state index in [2.05, 4.69) is 26.5 Å². The summed E-state index contributed by atoms with van der Waals surface area (Å²) in [6, 6.07) is 0. The van der Waals surface area contributed by atoms with Gasteiger partial charge in [0.1, 0.15) is 6.10 Å². The first-order chi connectivity index (χ1) is 14.4. The molecule has 2 aliphatic rings. The third-order valence-electron chi connectivity index (χ3n) is 6.53. The van der Waals surface area contributed by atoms with E-state index in [1.54, 1.807) is 13.8 Å². The highest BCUT2D eigenvalue weighted by Crippen LogP contribution is 2.59. The molecule has 0 heterocycles. The third kappa shape index (κ3) is 6.22. The normalized spacial score (nSPS) is 26.6. The minimum Gasteiger partial charge on any atom is -0.465 e. The van der Waals surface area contributed by atoms with Crippen molar-refractivity contribution in [3.63, 3.8) is 0 Å². The molecule has 31 heavy (non-hydrogen) atoms. The second kappa shape index (κ2) is 10.0. The van der Waals surface area contributed by atoms with Crippen molar-refractivity contribution in [3.8, 4) is 0 Å². The molecule has 0 radical (unpaired) electrons. The molecule has 2 saturated carbocycles. The lowest BCUT2D eigenvalue weighted by atomic mass is 9.60. The van der Waals surface area contributed by atoms with Crippen LogP contribution in [0.5, 0.6) is 0 Å². The van der Waals surface area contributed by atoms with Crippen molar-refractivity contribution in [2.45, 2.75) is 86.7 Å². The van der Waals surface area contributed by atoms with Crippen LogP contribution in [0, 0.1) is 22.7 Å². The molecular weight excluding hydrogens is 396 g/mol. The first-order valence-corrected chi connectivity index (χ1v) is 11.4. The molecular formula is C25H38O6. The summed E-state index contributed by atoms with van der Waals surface area (Å²) in [5, 5.41) is 0. The number of hydrogen-bond acceptors (Lipinski definition) is 6. The third-order valence-corrected chi connectivity index (χ3v) is 6.53. The molecule has 6 heteroatoms. The first-order valence-electron chi connectivity index (χ1n) is 11.4. The van der Waals surface area contributed by atoms with Crippen molar-refractivity contribution in [1.82, 2.24) is 0 Å². The average Bonchev–Trinajstić information content (AvgIpc) is 2.88. The zero-order valence-corrected chi connectivity index (χ0v) is 20.1. The molecule has 0 aromatic carbocycles. The number of hydrogen-bond donors (Lipinski definition) is 0. The predicted molar refractivity (Wildman–Crippen MR) is 117 cm³/mol. The van der Waals surface area contributed by atoms with E-state index in [1.165, 1.54) is 6.92 Å². The lowest BCUT2D eigenvalue weighted by molar-refractivity contribution is -0.161. The van der Waals surface area contributed by atoms with Crippen LogP contribution in [0.15, 0.2) is 16.9 Å². The zero-order valence-electron chi connectivity index (χ0n) is 20.1. The van der Waals surface area contributed by atoms with Gasteiger partial charge in [0.15, 0.2) is 5.92 Å². The van der Waals surface area contributed by atoms with Gasteiger partial charge >= 0.3 is 17.9 Å². The Morgan fingerprint density at radius 3 is 2.16 bits per heavy atom. The maximum absolute atomic E-state index is 12.4. The van der Waals surface area contributed by atoms with Gasteiger partial charge in [-0.25, -0.2) is 0 Å². The Balaban J connectivity index is 2.41. The van der Waals surface area contributed by atoms with Gasteiger partial charge in [0, 0.05) is 12.5 Å². The van der Waals surface area contributed by atoms with E-state index in [4.69, 9.17) is 14.2 Å². The summed E-state index contributed by atoms with van der Waals surface area (Å²) in [6.07, 6.45) is 3.79.